The fourth-order valence-corrected chi connectivity index (χ4v) is 3.36. The van der Waals surface area contributed by atoms with Crippen LogP contribution < -0.4 is 5.32 Å². The van der Waals surface area contributed by atoms with Crippen LogP contribution in [0.15, 0.2) is 22.7 Å². The average molecular weight is 310 g/mol. The molecule has 0 radical (unpaired) electrons. The molecule has 1 aromatic rings. The van der Waals surface area contributed by atoms with Gasteiger partial charge in [-0.2, -0.15) is 0 Å². The summed E-state index contributed by atoms with van der Waals surface area (Å²) in [6.45, 7) is 9.31. The Morgan fingerprint density at radius 1 is 1.33 bits per heavy atom. The second-order valence-electron chi connectivity index (χ2n) is 6.60. The number of hydrogen-bond acceptors (Lipinski definition) is 1. The maximum absolute atomic E-state index is 3.72. The summed E-state index contributed by atoms with van der Waals surface area (Å²) in [4.78, 5) is 0. The molecule has 0 bridgehead atoms. The molecule has 2 atom stereocenters. The summed E-state index contributed by atoms with van der Waals surface area (Å²) in [5.74, 6) is 0.748. The Labute approximate surface area is 119 Å². The van der Waals surface area contributed by atoms with E-state index in [2.05, 4.69) is 67.1 Å². The van der Waals surface area contributed by atoms with Gasteiger partial charge in [0, 0.05) is 16.2 Å². The van der Waals surface area contributed by atoms with Gasteiger partial charge < -0.3 is 5.32 Å². The molecule has 1 nitrogen and oxygen atoms in total. The first-order chi connectivity index (χ1) is 8.37. The summed E-state index contributed by atoms with van der Waals surface area (Å²) in [7, 11) is 0. The van der Waals surface area contributed by atoms with Gasteiger partial charge in [-0.3, -0.25) is 0 Å². The van der Waals surface area contributed by atoms with Crippen LogP contribution in [0.1, 0.15) is 45.6 Å². The quantitative estimate of drug-likeness (QED) is 0.773. The molecule has 2 heteroatoms. The molecule has 1 aliphatic rings. The summed E-state index contributed by atoms with van der Waals surface area (Å²) < 4.78 is 1.19. The van der Waals surface area contributed by atoms with Crippen molar-refractivity contribution in [3.05, 3.63) is 28.2 Å². The van der Waals surface area contributed by atoms with Crippen LogP contribution in [0.3, 0.4) is 0 Å². The molecule has 1 N–H and O–H groups in total. The highest BCUT2D eigenvalue weighted by Crippen LogP contribution is 2.39. The third-order valence-electron chi connectivity index (χ3n) is 4.20. The van der Waals surface area contributed by atoms with Crippen LogP contribution in [0.4, 0.5) is 5.69 Å². The van der Waals surface area contributed by atoms with Crippen LogP contribution in [0.25, 0.3) is 0 Å². The van der Waals surface area contributed by atoms with Crippen molar-refractivity contribution in [2.75, 3.05) is 5.32 Å². The van der Waals surface area contributed by atoms with Crippen molar-refractivity contribution in [1.29, 1.82) is 0 Å². The highest BCUT2D eigenvalue weighted by Gasteiger charge is 2.32. The first-order valence-electron chi connectivity index (χ1n) is 6.90. The first kappa shape index (κ1) is 13.9. The predicted molar refractivity (Wildman–Crippen MR) is 83.1 cm³/mol. The third-order valence-corrected chi connectivity index (χ3v) is 5.09. The van der Waals surface area contributed by atoms with E-state index in [4.69, 9.17) is 0 Å². The molecule has 0 aromatic heterocycles. The van der Waals surface area contributed by atoms with Gasteiger partial charge in [0.25, 0.3) is 0 Å². The van der Waals surface area contributed by atoms with E-state index in [0.29, 0.717) is 11.5 Å². The van der Waals surface area contributed by atoms with E-state index < -0.39 is 0 Å². The highest BCUT2D eigenvalue weighted by molar-refractivity contribution is 9.10. The van der Waals surface area contributed by atoms with Crippen molar-refractivity contribution in [2.24, 2.45) is 11.3 Å². The molecule has 18 heavy (non-hydrogen) atoms. The van der Waals surface area contributed by atoms with Crippen molar-refractivity contribution >= 4 is 21.6 Å². The zero-order chi connectivity index (χ0) is 13.3. The monoisotopic (exact) mass is 309 g/mol. The molecular formula is C16H24BrN. The van der Waals surface area contributed by atoms with E-state index in [9.17, 15) is 0 Å². The van der Waals surface area contributed by atoms with E-state index >= 15 is 0 Å². The van der Waals surface area contributed by atoms with Crippen LogP contribution in [0.2, 0.25) is 0 Å². The van der Waals surface area contributed by atoms with Gasteiger partial charge in [0.2, 0.25) is 0 Å². The smallest absolute Gasteiger partial charge is 0.0345 e. The molecule has 0 heterocycles. The second kappa shape index (κ2) is 5.24. The SMILES string of the molecule is Cc1cc(NC2CCC(C)(C)CC2C)ccc1Br. The number of benzene rings is 1. The molecule has 2 unspecified atom stereocenters. The fourth-order valence-electron chi connectivity index (χ4n) is 3.11. The number of anilines is 1. The largest absolute Gasteiger partial charge is 0.382 e. The summed E-state index contributed by atoms with van der Waals surface area (Å²) >= 11 is 3.55. The molecule has 1 aliphatic carbocycles. The van der Waals surface area contributed by atoms with E-state index in [-0.39, 0.29) is 0 Å². The van der Waals surface area contributed by atoms with Gasteiger partial charge in [-0.05, 0) is 61.3 Å². The topological polar surface area (TPSA) is 12.0 Å². The Bertz CT molecular complexity index is 425. The maximum atomic E-state index is 3.72. The van der Waals surface area contributed by atoms with E-state index in [0.717, 1.165) is 5.92 Å². The second-order valence-corrected chi connectivity index (χ2v) is 7.45. The Balaban J connectivity index is 2.03. The van der Waals surface area contributed by atoms with Gasteiger partial charge in [-0.15, -0.1) is 0 Å². The maximum Gasteiger partial charge on any atom is 0.0345 e. The van der Waals surface area contributed by atoms with Crippen LogP contribution >= 0.6 is 15.9 Å². The van der Waals surface area contributed by atoms with Crippen LogP contribution in [0, 0.1) is 18.3 Å². The van der Waals surface area contributed by atoms with Crippen molar-refractivity contribution in [3.63, 3.8) is 0 Å². The highest BCUT2D eigenvalue weighted by atomic mass is 79.9. The summed E-state index contributed by atoms with van der Waals surface area (Å²) in [6, 6.07) is 7.16. The molecule has 100 valence electrons. The summed E-state index contributed by atoms with van der Waals surface area (Å²) in [5.41, 5.74) is 3.07. The summed E-state index contributed by atoms with van der Waals surface area (Å²) in [6.07, 6.45) is 3.92. The molecule has 1 fully saturated rings. The molecule has 0 aliphatic heterocycles. The molecule has 0 amide bonds. The standard InChI is InChI=1S/C16H24BrN/c1-11-9-13(5-6-14(11)17)18-15-7-8-16(3,4)10-12(15)2/h5-6,9,12,15,18H,7-8,10H2,1-4H3. The lowest BCUT2D eigenvalue weighted by Gasteiger charge is -2.40. The molecule has 1 saturated carbocycles. The lowest BCUT2D eigenvalue weighted by atomic mass is 9.70. The van der Waals surface area contributed by atoms with Crippen LogP contribution in [0.5, 0.6) is 0 Å². The number of nitrogens with one attached hydrogen (secondary N) is 1. The van der Waals surface area contributed by atoms with Gasteiger partial charge >= 0.3 is 0 Å². The molecule has 0 saturated heterocycles. The van der Waals surface area contributed by atoms with E-state index in [1.54, 1.807) is 0 Å². The first-order valence-corrected chi connectivity index (χ1v) is 7.69. The lowest BCUT2D eigenvalue weighted by Crippen LogP contribution is -2.36. The number of halogens is 1. The minimum Gasteiger partial charge on any atom is -0.382 e. The van der Waals surface area contributed by atoms with Crippen molar-refractivity contribution in [2.45, 2.75) is 53.0 Å². The minimum absolute atomic E-state index is 0.521. The third kappa shape index (κ3) is 3.28. The number of hydrogen-bond donors (Lipinski definition) is 1. The van der Waals surface area contributed by atoms with Gasteiger partial charge in [-0.25, -0.2) is 0 Å². The van der Waals surface area contributed by atoms with Crippen molar-refractivity contribution in [3.8, 4) is 0 Å². The van der Waals surface area contributed by atoms with Crippen LogP contribution in [-0.2, 0) is 0 Å². The van der Waals surface area contributed by atoms with Crippen LogP contribution in [-0.4, -0.2) is 6.04 Å². The average Bonchev–Trinajstić information content (AvgIpc) is 2.27. The zero-order valence-corrected chi connectivity index (χ0v) is 13.5. The van der Waals surface area contributed by atoms with E-state index in [1.807, 2.05) is 0 Å². The van der Waals surface area contributed by atoms with Crippen molar-refractivity contribution < 1.29 is 0 Å². The minimum atomic E-state index is 0.521. The van der Waals surface area contributed by atoms with Gasteiger partial charge in [0.1, 0.15) is 0 Å². The van der Waals surface area contributed by atoms with Crippen molar-refractivity contribution in [1.82, 2.24) is 0 Å². The Kier molecular flexibility index (Phi) is 4.05. The Morgan fingerprint density at radius 2 is 2.06 bits per heavy atom. The lowest BCUT2D eigenvalue weighted by molar-refractivity contribution is 0.177. The normalized spacial score (nSPS) is 26.9. The van der Waals surface area contributed by atoms with Gasteiger partial charge in [0.05, 0.1) is 0 Å². The van der Waals surface area contributed by atoms with E-state index in [1.165, 1.54) is 35.0 Å². The Hall–Kier alpha value is -0.500. The molecule has 0 spiro atoms. The Morgan fingerprint density at radius 3 is 2.67 bits per heavy atom. The predicted octanol–water partition coefficient (Wildman–Crippen LogP) is 5.38. The number of aryl methyl sites for hydroxylation is 1. The fraction of sp³-hybridized carbons (Fsp3) is 0.625. The van der Waals surface area contributed by atoms with Gasteiger partial charge in [-0.1, -0.05) is 36.7 Å². The summed E-state index contributed by atoms with van der Waals surface area (Å²) in [5, 5.41) is 3.72. The zero-order valence-electron chi connectivity index (χ0n) is 11.9. The molecular weight excluding hydrogens is 286 g/mol. The van der Waals surface area contributed by atoms with Gasteiger partial charge in [0.15, 0.2) is 0 Å². The molecule has 1 aromatic carbocycles. The number of rotatable bonds is 2. The molecule has 2 rings (SSSR count).